The predicted octanol–water partition coefficient (Wildman–Crippen LogP) is -1.70. The van der Waals surface area contributed by atoms with Crippen LogP contribution in [0.3, 0.4) is 0 Å². The van der Waals surface area contributed by atoms with Crippen molar-refractivity contribution in [2.75, 3.05) is 13.2 Å². The van der Waals surface area contributed by atoms with Crippen LogP contribution in [0.2, 0.25) is 0 Å². The molecule has 14 N–H and O–H groups in total. The van der Waals surface area contributed by atoms with Crippen molar-refractivity contribution >= 4 is 46.3 Å². The summed E-state index contributed by atoms with van der Waals surface area (Å²) in [7, 11) is 0. The molecule has 56 heavy (non-hydrogen) atoms. The van der Waals surface area contributed by atoms with E-state index >= 15 is 0 Å². The average molecular weight is 774 g/mol. The number of aliphatic hydroxyl groups is 1. The summed E-state index contributed by atoms with van der Waals surface area (Å²) in [5.74, 6) is -4.46. The summed E-state index contributed by atoms with van der Waals surface area (Å²) in [5, 5.41) is 23.7. The Morgan fingerprint density at radius 2 is 1.36 bits per heavy atom. The quantitative estimate of drug-likeness (QED) is 0.0402. The number of carbonyl (C=O) groups excluding carboxylic acids is 6. The number of hydrogen-bond donors (Lipinski definition) is 11. The maximum atomic E-state index is 14.2. The fourth-order valence-corrected chi connectivity index (χ4v) is 5.99. The van der Waals surface area contributed by atoms with Crippen LogP contribution in [0, 0.1) is 0 Å². The van der Waals surface area contributed by atoms with E-state index in [0.29, 0.717) is 36.2 Å². The second kappa shape index (κ2) is 21.1. The predicted molar refractivity (Wildman–Crippen MR) is 207 cm³/mol. The molecule has 0 radical (unpaired) electrons. The van der Waals surface area contributed by atoms with Crippen LogP contribution < -0.4 is 43.8 Å². The van der Waals surface area contributed by atoms with Gasteiger partial charge < -0.3 is 58.9 Å². The molecule has 6 amide bonds. The molecule has 300 valence electrons. The van der Waals surface area contributed by atoms with Gasteiger partial charge in [0, 0.05) is 48.3 Å². The topological polar surface area (TPSA) is 305 Å². The van der Waals surface area contributed by atoms with Gasteiger partial charge >= 0.3 is 0 Å². The highest BCUT2D eigenvalue weighted by molar-refractivity contribution is 5.97. The number of nitrogens with two attached hydrogens (primary N) is 3. The zero-order chi connectivity index (χ0) is 40.6. The van der Waals surface area contributed by atoms with E-state index in [2.05, 4.69) is 41.5 Å². The highest BCUT2D eigenvalue weighted by atomic mass is 16.3. The Balaban J connectivity index is 1.51. The zero-order valence-electron chi connectivity index (χ0n) is 31.1. The molecule has 6 atom stereocenters. The fourth-order valence-electron chi connectivity index (χ4n) is 5.99. The van der Waals surface area contributed by atoms with E-state index in [1.807, 2.05) is 24.3 Å². The first-order valence-corrected chi connectivity index (χ1v) is 18.3. The highest BCUT2D eigenvalue weighted by Crippen LogP contribution is 2.19. The van der Waals surface area contributed by atoms with Gasteiger partial charge in [-0.2, -0.15) is 0 Å². The number of hydrogen-bond acceptors (Lipinski definition) is 10. The summed E-state index contributed by atoms with van der Waals surface area (Å²) >= 11 is 0. The number of H-pyrrole nitrogens is 2. The minimum absolute atomic E-state index is 0.0194. The van der Waals surface area contributed by atoms with Crippen molar-refractivity contribution < 1.29 is 33.9 Å². The molecule has 0 aliphatic carbocycles. The summed E-state index contributed by atoms with van der Waals surface area (Å²) in [6.45, 7) is 0.982. The number of amides is 6. The van der Waals surface area contributed by atoms with Gasteiger partial charge in [0.2, 0.25) is 35.4 Å². The van der Waals surface area contributed by atoms with Gasteiger partial charge in [-0.25, -0.2) is 4.98 Å². The third kappa shape index (κ3) is 12.5. The highest BCUT2D eigenvalue weighted by Gasteiger charge is 2.32. The number of rotatable bonds is 22. The Bertz CT molecular complexity index is 1920. The number of nitrogens with zero attached hydrogens (tertiary/aromatic N) is 1. The van der Waals surface area contributed by atoms with Gasteiger partial charge in [0.05, 0.1) is 19.0 Å². The molecule has 0 unspecified atom stereocenters. The number of aromatic nitrogens is 3. The van der Waals surface area contributed by atoms with Crippen LogP contribution in [0.5, 0.6) is 0 Å². The van der Waals surface area contributed by atoms with E-state index in [1.54, 1.807) is 36.5 Å². The van der Waals surface area contributed by atoms with E-state index in [9.17, 15) is 33.9 Å². The molecule has 18 nitrogen and oxygen atoms in total. The normalized spacial score (nSPS) is 14.4. The molecule has 0 saturated heterocycles. The molecule has 4 rings (SSSR count). The number of nitrogens with one attached hydrogen (secondary N) is 7. The first-order chi connectivity index (χ1) is 26.9. The number of carbonyl (C=O) groups is 6. The van der Waals surface area contributed by atoms with Crippen molar-refractivity contribution in [3.63, 3.8) is 0 Å². The van der Waals surface area contributed by atoms with Gasteiger partial charge in [-0.1, -0.05) is 48.5 Å². The lowest BCUT2D eigenvalue weighted by Crippen LogP contribution is -2.60. The average Bonchev–Trinajstić information content (AvgIpc) is 3.86. The van der Waals surface area contributed by atoms with Gasteiger partial charge in [0.1, 0.15) is 30.2 Å². The second-order valence-electron chi connectivity index (χ2n) is 13.5. The molecule has 0 aliphatic rings. The lowest BCUT2D eigenvalue weighted by atomic mass is 10.0. The maximum Gasteiger partial charge on any atom is 0.245 e. The number of primary amides is 1. The summed E-state index contributed by atoms with van der Waals surface area (Å²) in [6.07, 6.45) is 6.18. The summed E-state index contributed by atoms with van der Waals surface area (Å²) in [4.78, 5) is 89.4. The first kappa shape index (κ1) is 42.6. The number of aromatic amines is 2. The number of aliphatic hydroxyl groups excluding tert-OH is 1. The molecule has 4 aromatic rings. The number of para-hydroxylation sites is 1. The van der Waals surface area contributed by atoms with Crippen LogP contribution in [0.15, 0.2) is 73.3 Å². The van der Waals surface area contributed by atoms with E-state index in [1.165, 1.54) is 19.4 Å². The minimum Gasteiger partial charge on any atom is -0.394 e. The number of imidazole rings is 1. The van der Waals surface area contributed by atoms with Crippen molar-refractivity contribution in [2.24, 2.45) is 17.2 Å². The molecule has 2 heterocycles. The zero-order valence-corrected chi connectivity index (χ0v) is 31.1. The van der Waals surface area contributed by atoms with Crippen LogP contribution in [-0.2, 0) is 48.0 Å². The van der Waals surface area contributed by atoms with Crippen LogP contribution in [0.25, 0.3) is 10.9 Å². The fraction of sp³-hybridized carbons (Fsp3) is 0.395. The van der Waals surface area contributed by atoms with Crippen molar-refractivity contribution in [2.45, 2.75) is 81.7 Å². The largest absolute Gasteiger partial charge is 0.394 e. The summed E-state index contributed by atoms with van der Waals surface area (Å²) in [5.41, 5.74) is 19.9. The van der Waals surface area contributed by atoms with Crippen molar-refractivity contribution in [1.29, 1.82) is 0 Å². The third-order valence-corrected chi connectivity index (χ3v) is 9.15. The Morgan fingerprint density at radius 3 is 2.02 bits per heavy atom. The van der Waals surface area contributed by atoms with Crippen LogP contribution >= 0.6 is 0 Å². The number of benzene rings is 2. The van der Waals surface area contributed by atoms with Gasteiger partial charge in [0.25, 0.3) is 0 Å². The molecular weight excluding hydrogens is 722 g/mol. The first-order valence-electron chi connectivity index (χ1n) is 18.3. The molecule has 0 aliphatic heterocycles. The molecule has 2 aromatic carbocycles. The molecule has 0 saturated carbocycles. The Kier molecular flexibility index (Phi) is 16.1. The summed E-state index contributed by atoms with van der Waals surface area (Å²) in [6, 6.07) is 9.10. The van der Waals surface area contributed by atoms with Crippen molar-refractivity contribution in [3.05, 3.63) is 90.1 Å². The summed E-state index contributed by atoms with van der Waals surface area (Å²) < 4.78 is 0. The van der Waals surface area contributed by atoms with E-state index in [4.69, 9.17) is 17.2 Å². The van der Waals surface area contributed by atoms with Gasteiger partial charge in [-0.05, 0) is 49.9 Å². The standard InChI is InChI=1S/C38H51N11O7/c1-22(45-38(56)32(20-50)49-35(53)27(40)17-25-19-42-21-44-25)34(52)47-31(16-24-18-43-28-12-6-5-11-26(24)28)37(55)48-30(15-23-9-3-2-4-10-23)36(54)46-29(33(41)51)13-7-8-14-39/h2-6,9-12,18-19,21-22,27,29-32,43,50H,7-8,13-17,20,39-40H2,1H3,(H2,41,51)(H,42,44)(H,45,56)(H,46,54)(H,47,52)(H,48,55)(H,49,53)/t22-,27-,29-,30+,31-,32-/m0/s1. The lowest BCUT2D eigenvalue weighted by molar-refractivity contribution is -0.135. The Labute approximate surface area is 323 Å². The maximum absolute atomic E-state index is 14.2. The molecule has 0 fully saturated rings. The molecular formula is C38H51N11O7. The molecule has 2 aromatic heterocycles. The van der Waals surface area contributed by atoms with Gasteiger partial charge in [-0.3, -0.25) is 28.8 Å². The van der Waals surface area contributed by atoms with E-state index in [0.717, 1.165) is 10.9 Å². The third-order valence-electron chi connectivity index (χ3n) is 9.15. The Morgan fingerprint density at radius 1 is 0.732 bits per heavy atom. The number of fused-ring (bicyclic) bond motifs is 1. The van der Waals surface area contributed by atoms with Crippen molar-refractivity contribution in [1.82, 2.24) is 41.5 Å². The monoisotopic (exact) mass is 773 g/mol. The van der Waals surface area contributed by atoms with E-state index in [-0.39, 0.29) is 25.7 Å². The van der Waals surface area contributed by atoms with Gasteiger partial charge in [-0.15, -0.1) is 0 Å². The van der Waals surface area contributed by atoms with Crippen LogP contribution in [-0.4, -0.2) is 105 Å². The van der Waals surface area contributed by atoms with Crippen LogP contribution in [0.4, 0.5) is 0 Å². The molecule has 18 heteroatoms. The van der Waals surface area contributed by atoms with E-state index < -0.39 is 78.3 Å². The smallest absolute Gasteiger partial charge is 0.245 e. The SMILES string of the molecule is C[C@H](NC(=O)[C@H](CO)NC(=O)[C@@H](N)Cc1cnc[nH]1)C(=O)N[C@@H](Cc1c[nH]c2ccccc12)C(=O)N[C@H](Cc1ccccc1)C(=O)N[C@@H](CCCCN)C(N)=O. The molecule has 0 bridgehead atoms. The van der Waals surface area contributed by atoms with Crippen LogP contribution in [0.1, 0.15) is 43.0 Å². The molecule has 0 spiro atoms. The second-order valence-corrected chi connectivity index (χ2v) is 13.5. The minimum atomic E-state index is -1.44. The Hall–Kier alpha value is -6.11. The van der Waals surface area contributed by atoms with Gasteiger partial charge in [0.15, 0.2) is 0 Å². The number of unbranched alkanes of at least 4 members (excludes halogenated alkanes) is 1. The lowest BCUT2D eigenvalue weighted by Gasteiger charge is -2.26. The van der Waals surface area contributed by atoms with Crippen molar-refractivity contribution in [3.8, 4) is 0 Å².